The number of nitrogens with zero attached hydrogens (tertiary/aromatic N) is 6. The first-order valence-corrected chi connectivity index (χ1v) is 10.8. The van der Waals surface area contributed by atoms with Gasteiger partial charge < -0.3 is 18.9 Å². The number of hydrogen-bond acceptors (Lipinski definition) is 7. The summed E-state index contributed by atoms with van der Waals surface area (Å²) >= 11 is 6.34. The predicted octanol–water partition coefficient (Wildman–Crippen LogP) is 2.32. The van der Waals surface area contributed by atoms with Gasteiger partial charge in [-0.25, -0.2) is 15.0 Å². The maximum atomic E-state index is 6.34. The Hall–Kier alpha value is -2.26. The summed E-state index contributed by atoms with van der Waals surface area (Å²) in [6.07, 6.45) is 1.92. The Labute approximate surface area is 180 Å². The zero-order chi connectivity index (χ0) is 20.3. The van der Waals surface area contributed by atoms with E-state index in [1.807, 2.05) is 24.5 Å². The third kappa shape index (κ3) is 4.27. The standard InChI is InChI=1S/C21H25ClN6O2/c22-20-14-18(24-21(25-20)27-7-11-30-12-8-27)16-1-2-17-19(13-16)28(15-23-17)4-3-26-5-9-29-10-6-26/h1-2,13-15H,3-12H2. The molecule has 8 nitrogen and oxygen atoms in total. The third-order valence-corrected chi connectivity index (χ3v) is 5.85. The quantitative estimate of drug-likeness (QED) is 0.577. The second kappa shape index (κ2) is 8.85. The lowest BCUT2D eigenvalue weighted by atomic mass is 10.1. The van der Waals surface area contributed by atoms with Gasteiger partial charge in [-0.2, -0.15) is 0 Å². The fraction of sp³-hybridized carbons (Fsp3) is 0.476. The summed E-state index contributed by atoms with van der Waals surface area (Å²) in [4.78, 5) is 18.3. The Morgan fingerprint density at radius 2 is 1.67 bits per heavy atom. The molecular weight excluding hydrogens is 404 g/mol. The summed E-state index contributed by atoms with van der Waals surface area (Å²) in [5.41, 5.74) is 3.91. The van der Waals surface area contributed by atoms with E-state index in [1.165, 1.54) is 0 Å². The molecule has 4 heterocycles. The first kappa shape index (κ1) is 19.7. The molecule has 9 heteroatoms. The second-order valence-corrected chi connectivity index (χ2v) is 7.96. The van der Waals surface area contributed by atoms with Crippen LogP contribution in [-0.2, 0) is 16.0 Å². The molecule has 5 rings (SSSR count). The summed E-state index contributed by atoms with van der Waals surface area (Å²) in [7, 11) is 0. The average molecular weight is 429 g/mol. The number of fused-ring (bicyclic) bond motifs is 1. The number of anilines is 1. The van der Waals surface area contributed by atoms with E-state index < -0.39 is 0 Å². The van der Waals surface area contributed by atoms with Crippen LogP contribution in [0.15, 0.2) is 30.6 Å². The summed E-state index contributed by atoms with van der Waals surface area (Å²) in [5.74, 6) is 0.654. The number of morpholine rings is 2. The minimum absolute atomic E-state index is 0.447. The third-order valence-electron chi connectivity index (χ3n) is 5.65. The van der Waals surface area contributed by atoms with Gasteiger partial charge in [0.25, 0.3) is 0 Å². The van der Waals surface area contributed by atoms with E-state index in [0.717, 1.165) is 74.8 Å². The summed E-state index contributed by atoms with van der Waals surface area (Å²) in [6.45, 7) is 8.38. The molecule has 2 aliphatic heterocycles. The monoisotopic (exact) mass is 428 g/mol. The van der Waals surface area contributed by atoms with Gasteiger partial charge in [0.1, 0.15) is 5.15 Å². The van der Waals surface area contributed by atoms with E-state index in [0.29, 0.717) is 24.3 Å². The zero-order valence-electron chi connectivity index (χ0n) is 16.8. The van der Waals surface area contributed by atoms with Crippen molar-refractivity contribution in [2.75, 3.05) is 64.1 Å². The van der Waals surface area contributed by atoms with E-state index in [9.17, 15) is 0 Å². The van der Waals surface area contributed by atoms with E-state index in [2.05, 4.69) is 30.4 Å². The number of halogens is 1. The minimum Gasteiger partial charge on any atom is -0.379 e. The molecule has 0 radical (unpaired) electrons. The van der Waals surface area contributed by atoms with Gasteiger partial charge in [-0.1, -0.05) is 17.7 Å². The number of aromatic nitrogens is 4. The average Bonchev–Trinajstić information content (AvgIpc) is 3.21. The van der Waals surface area contributed by atoms with Gasteiger partial charge in [-0.3, -0.25) is 4.90 Å². The lowest BCUT2D eigenvalue weighted by Crippen LogP contribution is -2.38. The van der Waals surface area contributed by atoms with Crippen LogP contribution in [0.25, 0.3) is 22.3 Å². The highest BCUT2D eigenvalue weighted by Crippen LogP contribution is 2.26. The first-order valence-electron chi connectivity index (χ1n) is 10.4. The SMILES string of the molecule is Clc1cc(-c2ccc3ncn(CCN4CCOCC4)c3c2)nc(N2CCOCC2)n1. The summed E-state index contributed by atoms with van der Waals surface area (Å²) in [5, 5.41) is 0.447. The van der Waals surface area contributed by atoms with E-state index in [4.69, 9.17) is 26.1 Å². The molecule has 0 spiro atoms. The molecule has 0 amide bonds. The topological polar surface area (TPSA) is 68.5 Å². The molecule has 0 aliphatic carbocycles. The van der Waals surface area contributed by atoms with Crippen molar-refractivity contribution in [1.82, 2.24) is 24.4 Å². The van der Waals surface area contributed by atoms with Gasteiger partial charge in [-0.05, 0) is 12.1 Å². The van der Waals surface area contributed by atoms with Gasteiger partial charge in [-0.15, -0.1) is 0 Å². The number of rotatable bonds is 5. The Kier molecular flexibility index (Phi) is 5.81. The summed E-state index contributed by atoms with van der Waals surface area (Å²) in [6, 6.07) is 8.05. The molecule has 0 N–H and O–H groups in total. The molecule has 2 aliphatic rings. The van der Waals surface area contributed by atoms with Crippen molar-refractivity contribution >= 4 is 28.6 Å². The summed E-state index contributed by atoms with van der Waals surface area (Å²) < 4.78 is 13.1. The molecule has 0 bridgehead atoms. The van der Waals surface area contributed by atoms with Crippen LogP contribution in [0.3, 0.4) is 0 Å². The van der Waals surface area contributed by atoms with Crippen molar-refractivity contribution in [3.63, 3.8) is 0 Å². The zero-order valence-corrected chi connectivity index (χ0v) is 17.6. The predicted molar refractivity (Wildman–Crippen MR) is 116 cm³/mol. The highest BCUT2D eigenvalue weighted by molar-refractivity contribution is 6.29. The Bertz CT molecular complexity index is 1010. The molecule has 3 aromatic rings. The number of imidazole rings is 1. The van der Waals surface area contributed by atoms with Crippen LogP contribution in [0, 0.1) is 0 Å². The van der Waals surface area contributed by atoms with E-state index in [-0.39, 0.29) is 0 Å². The molecule has 1 aromatic carbocycles. The molecule has 2 saturated heterocycles. The molecule has 30 heavy (non-hydrogen) atoms. The van der Waals surface area contributed by atoms with Crippen LogP contribution in [0.4, 0.5) is 5.95 Å². The largest absolute Gasteiger partial charge is 0.379 e. The lowest BCUT2D eigenvalue weighted by Gasteiger charge is -2.27. The lowest BCUT2D eigenvalue weighted by molar-refractivity contribution is 0.0365. The molecule has 0 saturated carbocycles. The maximum absolute atomic E-state index is 6.34. The van der Waals surface area contributed by atoms with Crippen LogP contribution in [0.1, 0.15) is 0 Å². The van der Waals surface area contributed by atoms with Crippen LogP contribution >= 0.6 is 11.6 Å². The number of benzene rings is 1. The highest BCUT2D eigenvalue weighted by atomic mass is 35.5. The van der Waals surface area contributed by atoms with Crippen molar-refractivity contribution in [3.05, 3.63) is 35.7 Å². The molecule has 0 unspecified atom stereocenters. The normalized spacial score (nSPS) is 18.2. The van der Waals surface area contributed by atoms with Crippen LogP contribution in [0.2, 0.25) is 5.15 Å². The van der Waals surface area contributed by atoms with Crippen LogP contribution in [-0.4, -0.2) is 83.6 Å². The smallest absolute Gasteiger partial charge is 0.227 e. The van der Waals surface area contributed by atoms with Gasteiger partial charge in [0.05, 0.1) is 49.5 Å². The molecule has 158 valence electrons. The fourth-order valence-corrected chi connectivity index (χ4v) is 4.11. The Morgan fingerprint density at radius 1 is 0.900 bits per heavy atom. The van der Waals surface area contributed by atoms with Crippen molar-refractivity contribution in [2.24, 2.45) is 0 Å². The number of hydrogen-bond donors (Lipinski definition) is 0. The van der Waals surface area contributed by atoms with Gasteiger partial charge >= 0.3 is 0 Å². The second-order valence-electron chi connectivity index (χ2n) is 7.57. The highest BCUT2D eigenvalue weighted by Gasteiger charge is 2.17. The maximum Gasteiger partial charge on any atom is 0.227 e. The van der Waals surface area contributed by atoms with Gasteiger partial charge in [0.15, 0.2) is 0 Å². The molecule has 0 atom stereocenters. The molecule has 2 fully saturated rings. The van der Waals surface area contributed by atoms with Crippen molar-refractivity contribution in [2.45, 2.75) is 6.54 Å². The van der Waals surface area contributed by atoms with E-state index in [1.54, 1.807) is 0 Å². The fourth-order valence-electron chi connectivity index (χ4n) is 3.93. The van der Waals surface area contributed by atoms with Gasteiger partial charge in [0.2, 0.25) is 5.95 Å². The molecular formula is C21H25ClN6O2. The van der Waals surface area contributed by atoms with Gasteiger partial charge in [0, 0.05) is 50.9 Å². The Balaban J connectivity index is 1.41. The minimum atomic E-state index is 0.447. The van der Waals surface area contributed by atoms with Crippen LogP contribution < -0.4 is 4.90 Å². The molecule has 2 aromatic heterocycles. The van der Waals surface area contributed by atoms with Crippen molar-refractivity contribution in [1.29, 1.82) is 0 Å². The van der Waals surface area contributed by atoms with Crippen molar-refractivity contribution in [3.8, 4) is 11.3 Å². The van der Waals surface area contributed by atoms with Crippen LogP contribution in [0.5, 0.6) is 0 Å². The first-order chi connectivity index (χ1) is 14.8. The Morgan fingerprint density at radius 3 is 2.47 bits per heavy atom. The van der Waals surface area contributed by atoms with Crippen molar-refractivity contribution < 1.29 is 9.47 Å². The van der Waals surface area contributed by atoms with E-state index >= 15 is 0 Å². The number of ether oxygens (including phenoxy) is 2.